The molecule has 132 valence electrons. The number of rotatable bonds is 4. The Bertz CT molecular complexity index is 918. The van der Waals surface area contributed by atoms with Crippen molar-refractivity contribution in [3.8, 4) is 0 Å². The highest BCUT2D eigenvalue weighted by Crippen LogP contribution is 2.33. The smallest absolute Gasteiger partial charge is 0.395 e. The van der Waals surface area contributed by atoms with Gasteiger partial charge >= 0.3 is 6.18 Å². The van der Waals surface area contributed by atoms with E-state index >= 15 is 0 Å². The number of fused-ring (bicyclic) bond motifs is 1. The van der Waals surface area contributed by atoms with Crippen molar-refractivity contribution in [2.24, 2.45) is 0 Å². The molecule has 0 aliphatic carbocycles. The van der Waals surface area contributed by atoms with E-state index in [0.29, 0.717) is 23.7 Å². The molecule has 0 unspecified atom stereocenters. The Morgan fingerprint density at radius 3 is 2.64 bits per heavy atom. The van der Waals surface area contributed by atoms with Gasteiger partial charge in [0.15, 0.2) is 0 Å². The summed E-state index contributed by atoms with van der Waals surface area (Å²) >= 11 is 0. The van der Waals surface area contributed by atoms with Crippen LogP contribution in [0, 0.1) is 13.8 Å². The number of alkyl halides is 3. The van der Waals surface area contributed by atoms with Crippen LogP contribution in [-0.2, 0) is 12.7 Å². The van der Waals surface area contributed by atoms with Crippen LogP contribution in [0.15, 0.2) is 30.6 Å². The zero-order valence-electron chi connectivity index (χ0n) is 13.7. The highest BCUT2D eigenvalue weighted by molar-refractivity contribution is 5.93. The van der Waals surface area contributed by atoms with Gasteiger partial charge in [-0.15, -0.1) is 0 Å². The highest BCUT2D eigenvalue weighted by Gasteiger charge is 2.30. The average Bonchev–Trinajstić information content (AvgIpc) is 2.81. The van der Waals surface area contributed by atoms with Gasteiger partial charge in [0.05, 0.1) is 17.6 Å². The van der Waals surface area contributed by atoms with Gasteiger partial charge in [0.1, 0.15) is 17.8 Å². The summed E-state index contributed by atoms with van der Waals surface area (Å²) in [6.07, 6.45) is -3.05. The predicted octanol–water partition coefficient (Wildman–Crippen LogP) is 3.80. The third-order valence-corrected chi connectivity index (χ3v) is 4.18. The van der Waals surface area contributed by atoms with Crippen LogP contribution in [0.25, 0.3) is 11.0 Å². The molecule has 0 spiro atoms. The van der Waals surface area contributed by atoms with Crippen molar-refractivity contribution in [3.63, 3.8) is 0 Å². The molecule has 0 saturated carbocycles. The number of aliphatic hydroxyl groups is 1. The molecule has 0 saturated heterocycles. The third kappa shape index (κ3) is 3.17. The molecular formula is C17H17F3N4O. The molecule has 25 heavy (non-hydrogen) atoms. The van der Waals surface area contributed by atoms with Crippen molar-refractivity contribution < 1.29 is 18.3 Å². The van der Waals surface area contributed by atoms with Gasteiger partial charge in [-0.05, 0) is 37.6 Å². The van der Waals surface area contributed by atoms with Gasteiger partial charge in [0.2, 0.25) is 0 Å². The van der Waals surface area contributed by atoms with E-state index in [9.17, 15) is 18.3 Å². The molecule has 0 amide bonds. The number of hydrogen-bond donors (Lipinski definition) is 2. The number of anilines is 2. The maximum atomic E-state index is 12.9. The summed E-state index contributed by atoms with van der Waals surface area (Å²) in [5, 5.41) is 12.9. The van der Waals surface area contributed by atoms with Gasteiger partial charge in [0, 0.05) is 17.9 Å². The Balaban J connectivity index is 2.07. The zero-order valence-corrected chi connectivity index (χ0v) is 13.7. The van der Waals surface area contributed by atoms with Crippen LogP contribution in [0.1, 0.15) is 16.8 Å². The fourth-order valence-corrected chi connectivity index (χ4v) is 2.85. The SMILES string of the molecule is Cc1c(C)n(CCO)c2ncnc(Nc3cccc(C(F)(F)F)c3)c12. The lowest BCUT2D eigenvalue weighted by atomic mass is 10.2. The maximum absolute atomic E-state index is 12.9. The molecular weight excluding hydrogens is 333 g/mol. The molecule has 2 N–H and O–H groups in total. The molecule has 0 radical (unpaired) electrons. The second-order valence-corrected chi connectivity index (χ2v) is 5.71. The Kier molecular flexibility index (Phi) is 4.38. The number of halogens is 3. The van der Waals surface area contributed by atoms with E-state index in [1.165, 1.54) is 12.4 Å². The predicted molar refractivity (Wildman–Crippen MR) is 88.8 cm³/mol. The van der Waals surface area contributed by atoms with Crippen molar-refractivity contribution in [3.05, 3.63) is 47.4 Å². The van der Waals surface area contributed by atoms with Crippen LogP contribution < -0.4 is 5.32 Å². The van der Waals surface area contributed by atoms with Crippen molar-refractivity contribution in [1.82, 2.24) is 14.5 Å². The number of aromatic nitrogens is 3. The summed E-state index contributed by atoms with van der Waals surface area (Å²) in [7, 11) is 0. The first-order valence-electron chi connectivity index (χ1n) is 7.68. The second-order valence-electron chi connectivity index (χ2n) is 5.71. The van der Waals surface area contributed by atoms with Gasteiger partial charge in [-0.3, -0.25) is 0 Å². The second kappa shape index (κ2) is 6.36. The first-order chi connectivity index (χ1) is 11.8. The maximum Gasteiger partial charge on any atom is 0.416 e. The molecule has 1 aromatic carbocycles. The van der Waals surface area contributed by atoms with Gasteiger partial charge in [-0.1, -0.05) is 6.07 Å². The highest BCUT2D eigenvalue weighted by atomic mass is 19.4. The summed E-state index contributed by atoms with van der Waals surface area (Å²) in [6, 6.07) is 4.96. The van der Waals surface area contributed by atoms with E-state index in [1.54, 1.807) is 6.07 Å². The molecule has 5 nitrogen and oxygen atoms in total. The first-order valence-corrected chi connectivity index (χ1v) is 7.68. The van der Waals surface area contributed by atoms with Crippen LogP contribution in [-0.4, -0.2) is 26.2 Å². The number of nitrogens with one attached hydrogen (secondary N) is 1. The van der Waals surface area contributed by atoms with Crippen LogP contribution >= 0.6 is 0 Å². The monoisotopic (exact) mass is 350 g/mol. The van der Waals surface area contributed by atoms with Crippen molar-refractivity contribution in [1.29, 1.82) is 0 Å². The van der Waals surface area contributed by atoms with Gasteiger partial charge in [0.25, 0.3) is 0 Å². The minimum Gasteiger partial charge on any atom is -0.395 e. The molecule has 0 aliphatic rings. The Morgan fingerprint density at radius 2 is 1.96 bits per heavy atom. The van der Waals surface area contributed by atoms with Crippen LogP contribution in [0.3, 0.4) is 0 Å². The van der Waals surface area contributed by atoms with Crippen LogP contribution in [0.2, 0.25) is 0 Å². The largest absolute Gasteiger partial charge is 0.416 e. The van der Waals surface area contributed by atoms with Crippen molar-refractivity contribution >= 4 is 22.5 Å². The number of nitrogens with zero attached hydrogens (tertiary/aromatic N) is 3. The van der Waals surface area contributed by atoms with Gasteiger partial charge in [-0.25, -0.2) is 9.97 Å². The van der Waals surface area contributed by atoms with E-state index in [0.717, 1.165) is 28.8 Å². The Hall–Kier alpha value is -2.61. The molecule has 3 rings (SSSR count). The number of aliphatic hydroxyl groups excluding tert-OH is 1. The lowest BCUT2D eigenvalue weighted by Crippen LogP contribution is -2.06. The number of aryl methyl sites for hydroxylation is 1. The fraction of sp³-hybridized carbons (Fsp3) is 0.294. The summed E-state index contributed by atoms with van der Waals surface area (Å²) in [5.41, 5.74) is 2.04. The molecule has 2 heterocycles. The van der Waals surface area contributed by atoms with Crippen molar-refractivity contribution in [2.45, 2.75) is 26.6 Å². The lowest BCUT2D eigenvalue weighted by Gasteiger charge is -2.11. The van der Waals surface area contributed by atoms with E-state index in [-0.39, 0.29) is 6.61 Å². The molecule has 0 bridgehead atoms. The molecule has 0 fully saturated rings. The van der Waals surface area contributed by atoms with Crippen LogP contribution in [0.4, 0.5) is 24.7 Å². The zero-order chi connectivity index (χ0) is 18.2. The lowest BCUT2D eigenvalue weighted by molar-refractivity contribution is -0.137. The normalized spacial score (nSPS) is 11.9. The topological polar surface area (TPSA) is 63.0 Å². The van der Waals surface area contributed by atoms with E-state index in [4.69, 9.17) is 0 Å². The van der Waals surface area contributed by atoms with Gasteiger partial charge < -0.3 is 15.0 Å². The fourth-order valence-electron chi connectivity index (χ4n) is 2.85. The standard InChI is InChI=1S/C17H17F3N4O/c1-10-11(2)24(6-7-25)16-14(10)15(21-9-22-16)23-13-5-3-4-12(8-13)17(18,19)20/h3-5,8-9,25H,6-7H2,1-2H3,(H,21,22,23). The Labute approximate surface area is 142 Å². The summed E-state index contributed by atoms with van der Waals surface area (Å²) < 4.78 is 40.5. The minimum absolute atomic E-state index is 0.0372. The minimum atomic E-state index is -4.41. The summed E-state index contributed by atoms with van der Waals surface area (Å²) in [6.45, 7) is 4.15. The Morgan fingerprint density at radius 1 is 1.20 bits per heavy atom. The quantitative estimate of drug-likeness (QED) is 0.751. The van der Waals surface area contributed by atoms with Crippen molar-refractivity contribution in [2.75, 3.05) is 11.9 Å². The molecule has 8 heteroatoms. The first kappa shape index (κ1) is 17.2. The van der Waals surface area contributed by atoms with E-state index < -0.39 is 11.7 Å². The van der Waals surface area contributed by atoms with E-state index in [1.807, 2.05) is 18.4 Å². The number of benzene rings is 1. The molecule has 0 aliphatic heterocycles. The molecule has 3 aromatic rings. The average molecular weight is 350 g/mol. The molecule has 0 atom stereocenters. The summed E-state index contributed by atoms with van der Waals surface area (Å²) in [4.78, 5) is 8.45. The summed E-state index contributed by atoms with van der Waals surface area (Å²) in [5.74, 6) is 0.432. The number of hydrogen-bond acceptors (Lipinski definition) is 4. The van der Waals surface area contributed by atoms with Crippen LogP contribution in [0.5, 0.6) is 0 Å². The van der Waals surface area contributed by atoms with Gasteiger partial charge in [-0.2, -0.15) is 13.2 Å². The molecule has 2 aromatic heterocycles. The third-order valence-electron chi connectivity index (χ3n) is 4.18. The van der Waals surface area contributed by atoms with E-state index in [2.05, 4.69) is 15.3 Å².